The molecule has 2 aliphatic rings. The number of aromatic carboxylic acids is 1. The molecule has 1 heterocycles. The third-order valence-corrected chi connectivity index (χ3v) is 6.48. The molecule has 1 amide bonds. The van der Waals surface area contributed by atoms with Crippen molar-refractivity contribution in [2.75, 3.05) is 10.7 Å². The molecule has 1 N–H and O–H groups in total. The predicted octanol–water partition coefficient (Wildman–Crippen LogP) is 3.76. The van der Waals surface area contributed by atoms with Gasteiger partial charge in [-0.05, 0) is 55.9 Å². The summed E-state index contributed by atoms with van der Waals surface area (Å²) < 4.78 is 0. The van der Waals surface area contributed by atoms with E-state index in [0.717, 1.165) is 24.4 Å². The summed E-state index contributed by atoms with van der Waals surface area (Å²) in [5.74, 6) is 0.505. The van der Waals surface area contributed by atoms with Crippen LogP contribution in [-0.4, -0.2) is 27.6 Å². The van der Waals surface area contributed by atoms with Crippen molar-refractivity contribution in [1.82, 2.24) is 0 Å². The number of rotatable bonds is 3. The first-order valence-corrected chi connectivity index (χ1v) is 8.84. The van der Waals surface area contributed by atoms with Gasteiger partial charge in [-0.25, -0.2) is 4.79 Å². The summed E-state index contributed by atoms with van der Waals surface area (Å²) in [6, 6.07) is 6.69. The van der Waals surface area contributed by atoms with Crippen LogP contribution in [0.25, 0.3) is 0 Å². The van der Waals surface area contributed by atoms with E-state index in [2.05, 4.69) is 6.92 Å². The number of hydrogen-bond donors (Lipinski definition) is 1. The molecular weight excluding hydrogens is 298 g/mol. The van der Waals surface area contributed by atoms with Crippen LogP contribution in [0.4, 0.5) is 5.69 Å². The monoisotopic (exact) mass is 319 g/mol. The first-order valence-electron chi connectivity index (χ1n) is 7.86. The highest BCUT2D eigenvalue weighted by molar-refractivity contribution is 8.02. The Morgan fingerprint density at radius 1 is 1.32 bits per heavy atom. The molecule has 22 heavy (non-hydrogen) atoms. The third-order valence-electron chi connectivity index (χ3n) is 4.96. The van der Waals surface area contributed by atoms with Crippen molar-refractivity contribution in [1.29, 1.82) is 0 Å². The average Bonchev–Trinajstić information content (AvgIpc) is 2.85. The highest BCUT2D eigenvalue weighted by Gasteiger charge is 2.48. The average molecular weight is 319 g/mol. The van der Waals surface area contributed by atoms with Gasteiger partial charge in [-0.1, -0.05) is 13.3 Å². The Morgan fingerprint density at radius 2 is 1.95 bits per heavy atom. The summed E-state index contributed by atoms with van der Waals surface area (Å²) in [4.78, 5) is 25.2. The Hall–Kier alpha value is -1.49. The van der Waals surface area contributed by atoms with E-state index in [1.807, 2.05) is 4.90 Å². The van der Waals surface area contributed by atoms with Crippen LogP contribution in [0.2, 0.25) is 0 Å². The first kappa shape index (κ1) is 15.4. The van der Waals surface area contributed by atoms with E-state index in [0.29, 0.717) is 5.75 Å². The van der Waals surface area contributed by atoms with Gasteiger partial charge >= 0.3 is 5.97 Å². The minimum Gasteiger partial charge on any atom is -0.478 e. The van der Waals surface area contributed by atoms with Crippen molar-refractivity contribution in [2.45, 2.75) is 43.9 Å². The zero-order chi connectivity index (χ0) is 15.7. The Bertz CT molecular complexity index is 576. The van der Waals surface area contributed by atoms with Crippen LogP contribution in [0.15, 0.2) is 24.3 Å². The fourth-order valence-corrected chi connectivity index (χ4v) is 4.97. The highest BCUT2D eigenvalue weighted by atomic mass is 32.2. The summed E-state index contributed by atoms with van der Waals surface area (Å²) in [5, 5.41) is 9.01. The van der Waals surface area contributed by atoms with Gasteiger partial charge in [-0.3, -0.25) is 9.69 Å². The molecule has 0 radical (unpaired) electrons. The van der Waals surface area contributed by atoms with Crippen LogP contribution in [0.5, 0.6) is 0 Å². The molecular formula is C17H21NO3S. The highest BCUT2D eigenvalue weighted by Crippen LogP contribution is 2.50. The second-order valence-corrected chi connectivity index (χ2v) is 7.50. The van der Waals surface area contributed by atoms with Crippen LogP contribution >= 0.6 is 11.8 Å². The van der Waals surface area contributed by atoms with Crippen molar-refractivity contribution < 1.29 is 14.7 Å². The molecule has 5 heteroatoms. The lowest BCUT2D eigenvalue weighted by atomic mass is 9.83. The zero-order valence-electron chi connectivity index (χ0n) is 12.7. The smallest absolute Gasteiger partial charge is 0.335 e. The molecule has 4 nitrogen and oxygen atoms in total. The topological polar surface area (TPSA) is 57.6 Å². The molecule has 0 bridgehead atoms. The molecule has 118 valence electrons. The number of carbonyl (C=O) groups is 2. The summed E-state index contributed by atoms with van der Waals surface area (Å²) in [6.07, 6.45) is 5.61. The van der Waals surface area contributed by atoms with E-state index in [1.54, 1.807) is 36.0 Å². The fraction of sp³-hybridized carbons (Fsp3) is 0.529. The molecule has 1 aromatic rings. The third kappa shape index (κ3) is 2.62. The van der Waals surface area contributed by atoms with Crippen LogP contribution in [0.3, 0.4) is 0 Å². The maximum absolute atomic E-state index is 12.4. The Labute approximate surface area is 134 Å². The number of anilines is 1. The van der Waals surface area contributed by atoms with E-state index in [1.165, 1.54) is 19.3 Å². The number of thioether (sulfide) groups is 1. The molecule has 1 spiro atoms. The Kier molecular flexibility index (Phi) is 4.17. The number of benzene rings is 1. The van der Waals surface area contributed by atoms with Gasteiger partial charge in [-0.2, -0.15) is 0 Å². The normalized spacial score (nSPS) is 28.3. The van der Waals surface area contributed by atoms with Crippen LogP contribution < -0.4 is 4.90 Å². The molecule has 1 aliphatic carbocycles. The molecule has 2 fully saturated rings. The van der Waals surface area contributed by atoms with Crippen molar-refractivity contribution in [2.24, 2.45) is 5.92 Å². The fourth-order valence-electron chi connectivity index (χ4n) is 3.59. The van der Waals surface area contributed by atoms with Crippen LogP contribution in [0, 0.1) is 5.92 Å². The number of amides is 1. The Morgan fingerprint density at radius 3 is 2.50 bits per heavy atom. The van der Waals surface area contributed by atoms with Crippen molar-refractivity contribution in [3.8, 4) is 0 Å². The van der Waals surface area contributed by atoms with Crippen LogP contribution in [-0.2, 0) is 4.79 Å². The number of carboxylic acids is 1. The molecule has 0 unspecified atom stereocenters. The van der Waals surface area contributed by atoms with E-state index in [4.69, 9.17) is 5.11 Å². The molecule has 3 rings (SSSR count). The second kappa shape index (κ2) is 5.95. The lowest BCUT2D eigenvalue weighted by Crippen LogP contribution is -2.47. The molecule has 1 aliphatic heterocycles. The molecule has 0 aromatic heterocycles. The maximum Gasteiger partial charge on any atom is 0.335 e. The second-order valence-electron chi connectivity index (χ2n) is 6.17. The molecule has 1 aromatic carbocycles. The van der Waals surface area contributed by atoms with Gasteiger partial charge in [0.25, 0.3) is 0 Å². The van der Waals surface area contributed by atoms with Gasteiger partial charge < -0.3 is 5.11 Å². The van der Waals surface area contributed by atoms with Crippen molar-refractivity contribution in [3.05, 3.63) is 29.8 Å². The number of carboxylic acid groups (broad SMARTS) is 1. The van der Waals surface area contributed by atoms with Crippen molar-refractivity contribution in [3.63, 3.8) is 0 Å². The van der Waals surface area contributed by atoms with Gasteiger partial charge in [0.15, 0.2) is 0 Å². The predicted molar refractivity (Wildman–Crippen MR) is 88.3 cm³/mol. The minimum atomic E-state index is -0.938. The van der Waals surface area contributed by atoms with Gasteiger partial charge in [-0.15, -0.1) is 11.8 Å². The quantitative estimate of drug-likeness (QED) is 0.921. The standard InChI is InChI=1S/C17H21NO3S/c1-2-12-7-9-17(10-8-12)18(15(19)11-22-17)14-5-3-13(4-6-14)16(20)21/h3-6,12H,2,7-11H2,1H3,(H,20,21). The lowest BCUT2D eigenvalue weighted by molar-refractivity contribution is -0.116. The van der Waals surface area contributed by atoms with E-state index < -0.39 is 5.97 Å². The number of hydrogen-bond acceptors (Lipinski definition) is 3. The first-order chi connectivity index (χ1) is 10.6. The molecule has 1 saturated carbocycles. The van der Waals surface area contributed by atoms with Gasteiger partial charge in [0.2, 0.25) is 5.91 Å². The number of nitrogens with zero attached hydrogens (tertiary/aromatic N) is 1. The molecule has 1 saturated heterocycles. The number of carbonyl (C=O) groups excluding carboxylic acids is 1. The lowest BCUT2D eigenvalue weighted by Gasteiger charge is -2.42. The van der Waals surface area contributed by atoms with Crippen LogP contribution in [0.1, 0.15) is 49.4 Å². The zero-order valence-corrected chi connectivity index (χ0v) is 13.6. The Balaban J connectivity index is 1.86. The van der Waals surface area contributed by atoms with E-state index in [9.17, 15) is 9.59 Å². The van der Waals surface area contributed by atoms with E-state index in [-0.39, 0.29) is 16.3 Å². The van der Waals surface area contributed by atoms with E-state index >= 15 is 0 Å². The van der Waals surface area contributed by atoms with Crippen molar-refractivity contribution >= 4 is 29.3 Å². The SMILES string of the molecule is CCC1CCC2(CC1)SCC(=O)N2c1ccc(C(=O)O)cc1. The maximum atomic E-state index is 12.4. The minimum absolute atomic E-state index is 0.118. The van der Waals surface area contributed by atoms with Gasteiger partial charge in [0.1, 0.15) is 0 Å². The summed E-state index contributed by atoms with van der Waals surface area (Å²) >= 11 is 1.76. The summed E-state index contributed by atoms with van der Waals surface area (Å²) in [6.45, 7) is 2.23. The van der Waals surface area contributed by atoms with Gasteiger partial charge in [0, 0.05) is 5.69 Å². The summed E-state index contributed by atoms with van der Waals surface area (Å²) in [5.41, 5.74) is 1.08. The molecule has 0 atom stereocenters. The van der Waals surface area contributed by atoms with Gasteiger partial charge in [0.05, 0.1) is 16.2 Å². The summed E-state index contributed by atoms with van der Waals surface area (Å²) in [7, 11) is 0. The largest absolute Gasteiger partial charge is 0.478 e.